The number of carbonyl (C=O) groups is 6. The van der Waals surface area contributed by atoms with Crippen molar-refractivity contribution >= 4 is 42.0 Å². The first-order valence-corrected chi connectivity index (χ1v) is 26.8. The van der Waals surface area contributed by atoms with E-state index in [9.17, 15) is 28.8 Å². The average Bonchev–Trinajstić information content (AvgIpc) is 3.87. The lowest BCUT2D eigenvalue weighted by Gasteiger charge is -2.48. The van der Waals surface area contributed by atoms with Crippen molar-refractivity contribution in [3.63, 3.8) is 0 Å². The normalized spacial score (nSPS) is 25.1. The van der Waals surface area contributed by atoms with Crippen molar-refractivity contribution in [1.29, 1.82) is 0 Å². The van der Waals surface area contributed by atoms with Gasteiger partial charge in [0, 0.05) is 58.0 Å². The third kappa shape index (κ3) is 13.6. The molecule has 3 atom stereocenters. The van der Waals surface area contributed by atoms with E-state index in [1.54, 1.807) is 9.80 Å². The van der Waals surface area contributed by atoms with E-state index in [0.29, 0.717) is 76.2 Å². The Balaban J connectivity index is 0.882. The van der Waals surface area contributed by atoms with Crippen LogP contribution in [0.1, 0.15) is 172 Å². The highest BCUT2D eigenvalue weighted by Crippen LogP contribution is 2.38. The molecule has 3 aliphatic heterocycles. The zero-order valence-electron chi connectivity index (χ0n) is 40.6. The first-order chi connectivity index (χ1) is 33.2. The Morgan fingerprint density at radius 1 is 0.618 bits per heavy atom. The third-order valence-corrected chi connectivity index (χ3v) is 16.2. The van der Waals surface area contributed by atoms with Gasteiger partial charge < -0.3 is 33.3 Å². The number of likely N-dealkylation sites (tertiary alicyclic amines) is 2. The summed E-state index contributed by atoms with van der Waals surface area (Å²) in [6.45, 7) is 2.85. The maximum absolute atomic E-state index is 14.2. The minimum absolute atomic E-state index is 0.00502. The van der Waals surface area contributed by atoms with Gasteiger partial charge in [-0.1, -0.05) is 77.0 Å². The number of guanidine groups is 1. The molecule has 2 unspecified atom stereocenters. The van der Waals surface area contributed by atoms with Crippen LogP contribution in [0.5, 0.6) is 0 Å². The fourth-order valence-electron chi connectivity index (χ4n) is 12.0. The number of ether oxygens (including phenoxy) is 3. The van der Waals surface area contributed by atoms with Gasteiger partial charge in [-0.25, -0.2) is 24.1 Å². The van der Waals surface area contributed by atoms with E-state index in [2.05, 4.69) is 16.4 Å². The van der Waals surface area contributed by atoms with Crippen molar-refractivity contribution in [3.05, 3.63) is 23.7 Å². The Morgan fingerprint density at radius 3 is 1.81 bits per heavy atom. The molecule has 3 saturated heterocycles. The molecule has 0 aromatic carbocycles. The van der Waals surface area contributed by atoms with Crippen molar-refractivity contribution < 1.29 is 47.4 Å². The third-order valence-electron chi connectivity index (χ3n) is 16.2. The first kappa shape index (κ1) is 49.8. The number of nitrogens with one attached hydrogen (secondary N) is 1. The number of rotatable bonds is 13. The number of nitrogens with zero attached hydrogens (tertiary/aromatic N) is 5. The summed E-state index contributed by atoms with van der Waals surface area (Å²) in [7, 11) is 0. The van der Waals surface area contributed by atoms with Crippen molar-refractivity contribution in [2.24, 2.45) is 34.6 Å². The number of amides is 6. The number of hydrogen-bond acceptors (Lipinski definition) is 10. The summed E-state index contributed by atoms with van der Waals surface area (Å²) < 4.78 is 23.4. The molecule has 6 amide bonds. The highest BCUT2D eigenvalue weighted by Gasteiger charge is 2.57. The van der Waals surface area contributed by atoms with Gasteiger partial charge in [-0.05, 0) is 106 Å². The fourth-order valence-corrected chi connectivity index (χ4v) is 12.0. The molecule has 0 spiro atoms. The van der Waals surface area contributed by atoms with Gasteiger partial charge in [0.1, 0.15) is 11.5 Å². The lowest BCUT2D eigenvalue weighted by Crippen LogP contribution is -2.70. The van der Waals surface area contributed by atoms with Crippen molar-refractivity contribution in [3.8, 4) is 0 Å². The maximum atomic E-state index is 14.2. The van der Waals surface area contributed by atoms with E-state index in [4.69, 9.17) is 18.6 Å². The zero-order chi connectivity index (χ0) is 47.2. The van der Waals surface area contributed by atoms with E-state index in [-0.39, 0.29) is 50.0 Å². The summed E-state index contributed by atoms with van der Waals surface area (Å²) in [6.07, 6.45) is 23.3. The van der Waals surface area contributed by atoms with E-state index >= 15 is 0 Å². The smallest absolute Gasteiger partial charge is 0.436 e. The van der Waals surface area contributed by atoms with Crippen LogP contribution in [-0.4, -0.2) is 127 Å². The van der Waals surface area contributed by atoms with Gasteiger partial charge in [0.2, 0.25) is 17.8 Å². The highest BCUT2D eigenvalue weighted by atomic mass is 16.6. The Labute approximate surface area is 402 Å². The number of aliphatic imine (C=N–C) groups is 1. The van der Waals surface area contributed by atoms with E-state index < -0.39 is 42.1 Å². The average molecular weight is 947 g/mol. The Bertz CT molecular complexity index is 1890. The van der Waals surface area contributed by atoms with Crippen LogP contribution in [0.15, 0.2) is 21.5 Å². The summed E-state index contributed by atoms with van der Waals surface area (Å²) in [5.74, 6) is 1.33. The molecular formula is C52H78N6O10. The molecule has 1 N–H and O–H groups in total. The van der Waals surface area contributed by atoms with Crippen LogP contribution in [-0.2, 0) is 35.0 Å². The minimum atomic E-state index is -1.07. The number of carbonyl (C=O) groups excluding carboxylic acids is 6. The molecule has 1 aromatic rings. The number of esters is 1. The van der Waals surface area contributed by atoms with Crippen LogP contribution in [0.3, 0.4) is 0 Å². The highest BCUT2D eigenvalue weighted by molar-refractivity contribution is 6.08. The van der Waals surface area contributed by atoms with E-state index in [0.717, 1.165) is 113 Å². The van der Waals surface area contributed by atoms with Gasteiger partial charge in [-0.15, -0.1) is 4.99 Å². The number of urea groups is 1. The SMILES string of the molecule is O=C(/N=C(\NC(=O)OCC1CCCCC1)N1CCCC(C[C@H]2C(=O)N(C(=O)N3CCN(C(=O)CCc4ccc(C5CCCCC5)o4)CC3)C2C(=O)OCC2CCCCC2)C1)OCC1CCCCC1. The zero-order valence-corrected chi connectivity index (χ0v) is 40.6. The second-order valence-corrected chi connectivity index (χ2v) is 21.1. The Morgan fingerprint density at radius 2 is 1.18 bits per heavy atom. The molecule has 4 heterocycles. The molecule has 0 bridgehead atoms. The van der Waals surface area contributed by atoms with E-state index in [1.165, 1.54) is 38.5 Å². The summed E-state index contributed by atoms with van der Waals surface area (Å²) >= 11 is 0. The number of furan rings is 1. The molecule has 68 heavy (non-hydrogen) atoms. The number of imide groups is 1. The summed E-state index contributed by atoms with van der Waals surface area (Å²) in [5, 5.41) is 2.76. The molecule has 1 aromatic heterocycles. The molecule has 7 aliphatic rings. The summed E-state index contributed by atoms with van der Waals surface area (Å²) in [5.41, 5.74) is 0. The van der Waals surface area contributed by atoms with Gasteiger partial charge in [0.05, 0.1) is 25.7 Å². The Hall–Kier alpha value is -4.63. The summed E-state index contributed by atoms with van der Waals surface area (Å²) in [4.78, 5) is 92.7. The van der Waals surface area contributed by atoms with E-state index in [1.807, 2.05) is 11.0 Å². The van der Waals surface area contributed by atoms with Gasteiger partial charge in [0.15, 0.2) is 6.04 Å². The predicted octanol–water partition coefficient (Wildman–Crippen LogP) is 8.96. The monoisotopic (exact) mass is 947 g/mol. The minimum Gasteiger partial charge on any atom is -0.466 e. The Kier molecular flexibility index (Phi) is 18.1. The second kappa shape index (κ2) is 24.8. The van der Waals surface area contributed by atoms with Crippen molar-refractivity contribution in [2.75, 3.05) is 59.1 Å². The van der Waals surface area contributed by atoms with Crippen LogP contribution in [0, 0.1) is 29.6 Å². The molecule has 4 saturated carbocycles. The lowest BCUT2D eigenvalue weighted by molar-refractivity contribution is -0.172. The summed E-state index contributed by atoms with van der Waals surface area (Å²) in [6, 6.07) is 2.44. The number of piperidine rings is 1. The number of alkyl carbamates (subject to hydrolysis) is 1. The van der Waals surface area contributed by atoms with Crippen molar-refractivity contribution in [1.82, 2.24) is 24.9 Å². The topological polar surface area (TPSA) is 181 Å². The van der Waals surface area contributed by atoms with Crippen LogP contribution in [0.25, 0.3) is 0 Å². The lowest BCUT2D eigenvalue weighted by atomic mass is 9.78. The second-order valence-electron chi connectivity index (χ2n) is 21.1. The predicted molar refractivity (Wildman–Crippen MR) is 253 cm³/mol. The molecule has 7 fully saturated rings. The van der Waals surface area contributed by atoms with Gasteiger partial charge in [-0.3, -0.25) is 14.9 Å². The molecule has 376 valence electrons. The van der Waals surface area contributed by atoms with Crippen LogP contribution >= 0.6 is 0 Å². The molecule has 4 aliphatic carbocycles. The number of aryl methyl sites for hydroxylation is 1. The standard InChI is InChI=1S/C52H78N6O10/c59-45(26-24-42-23-25-44(68-42)41-21-11-4-12-22-41)55-28-30-56(31-29-55)52(64)58-46(48(61)65-34-37-14-5-1-6-15-37)43(47(58)60)32-40-20-13-27-57(33-40)49(53-50(62)66-35-38-16-7-2-8-17-38)54-51(63)67-36-39-18-9-3-10-19-39/h23,25,37-41,43,46H,1-22,24,26-36H2,(H,53,54,62,63)/t40?,43-,46?/m1/s1. The van der Waals surface area contributed by atoms with Crippen LogP contribution < -0.4 is 5.32 Å². The number of β-lactam (4-membered cyclic amide) rings is 1. The first-order valence-electron chi connectivity index (χ1n) is 26.8. The van der Waals surface area contributed by atoms with Crippen LogP contribution in [0.2, 0.25) is 0 Å². The quantitative estimate of drug-likeness (QED) is 0.0656. The number of hydrogen-bond donors (Lipinski definition) is 1. The van der Waals surface area contributed by atoms with Gasteiger partial charge >= 0.3 is 24.2 Å². The van der Waals surface area contributed by atoms with Gasteiger partial charge in [-0.2, -0.15) is 0 Å². The molecule has 0 radical (unpaired) electrons. The number of piperazine rings is 1. The van der Waals surface area contributed by atoms with Crippen molar-refractivity contribution in [2.45, 2.75) is 172 Å². The molecule has 16 nitrogen and oxygen atoms in total. The van der Waals surface area contributed by atoms with Crippen LogP contribution in [0.4, 0.5) is 14.4 Å². The molecule has 8 rings (SSSR count). The largest absolute Gasteiger partial charge is 0.466 e. The maximum Gasteiger partial charge on any atom is 0.436 e. The fraction of sp³-hybridized carbons (Fsp3) is 0.788. The molecular weight excluding hydrogens is 869 g/mol. The molecule has 16 heteroatoms. The van der Waals surface area contributed by atoms with Gasteiger partial charge in [0.25, 0.3) is 0 Å².